The summed E-state index contributed by atoms with van der Waals surface area (Å²) < 4.78 is 1.60. The van der Waals surface area contributed by atoms with E-state index in [9.17, 15) is 0 Å². The van der Waals surface area contributed by atoms with Crippen molar-refractivity contribution >= 4 is 23.1 Å². The smallest absolute Gasteiger partial charge is 0.0634 e. The lowest BCUT2D eigenvalue weighted by Gasteiger charge is -2.03. The maximum atomic E-state index is 3.44. The molecule has 0 bridgehead atoms. The van der Waals surface area contributed by atoms with Crippen molar-refractivity contribution in [3.8, 4) is 0 Å². The zero-order valence-electron chi connectivity index (χ0n) is 7.51. The van der Waals surface area contributed by atoms with Crippen molar-refractivity contribution in [3.63, 3.8) is 0 Å². The van der Waals surface area contributed by atoms with Crippen molar-refractivity contribution in [1.29, 1.82) is 0 Å². The van der Waals surface area contributed by atoms with Crippen LogP contribution in [0.15, 0.2) is 10.3 Å². The van der Waals surface area contributed by atoms with Crippen molar-refractivity contribution in [3.05, 3.63) is 16.5 Å². The van der Waals surface area contributed by atoms with Crippen LogP contribution in [0.5, 0.6) is 0 Å². The second-order valence-electron chi connectivity index (χ2n) is 3.75. The van der Waals surface area contributed by atoms with Gasteiger partial charge in [0.25, 0.3) is 0 Å². The third kappa shape index (κ3) is 1.43. The predicted octanol–water partition coefficient (Wildman–Crippen LogP) is 2.47. The maximum Gasteiger partial charge on any atom is 0.0634 e. The normalized spacial score (nSPS) is 26.6. The van der Waals surface area contributed by atoms with E-state index in [0.717, 1.165) is 5.92 Å². The van der Waals surface area contributed by atoms with Crippen LogP contribution >= 0.6 is 23.1 Å². The predicted molar refractivity (Wildman–Crippen MR) is 59.0 cm³/mol. The average Bonchev–Trinajstić information content (AvgIpc) is 2.78. The Labute approximate surface area is 86.9 Å². The average molecular weight is 211 g/mol. The van der Waals surface area contributed by atoms with Crippen LogP contribution in [0.25, 0.3) is 0 Å². The minimum absolute atomic E-state index is 0.816. The molecule has 1 atom stereocenters. The maximum absolute atomic E-state index is 3.44. The quantitative estimate of drug-likeness (QED) is 0.766. The Hall–Kier alpha value is 0.0100. The molecule has 0 aromatic carbocycles. The molecular weight excluding hydrogens is 198 g/mol. The zero-order valence-corrected chi connectivity index (χ0v) is 9.14. The molecule has 0 spiro atoms. The number of thioether (sulfide) groups is 1. The fourth-order valence-electron chi connectivity index (χ4n) is 2.08. The van der Waals surface area contributed by atoms with Gasteiger partial charge in [-0.05, 0) is 31.0 Å². The van der Waals surface area contributed by atoms with E-state index in [4.69, 9.17) is 0 Å². The summed E-state index contributed by atoms with van der Waals surface area (Å²) in [6, 6.07) is 2.46. The SMILES string of the molecule is c1c(C2CCNC2)sc2c1CCS2. The van der Waals surface area contributed by atoms with Crippen molar-refractivity contribution in [2.24, 2.45) is 0 Å². The first-order valence-electron chi connectivity index (χ1n) is 4.89. The van der Waals surface area contributed by atoms with Gasteiger partial charge in [-0.15, -0.1) is 23.1 Å². The lowest BCUT2D eigenvalue weighted by molar-refractivity contribution is 0.778. The fraction of sp³-hybridized carbons (Fsp3) is 0.600. The van der Waals surface area contributed by atoms with E-state index in [1.165, 1.54) is 31.7 Å². The standard InChI is InChI=1S/C10H13NS2/c1-3-11-6-8(1)9-5-7-2-4-12-10(7)13-9/h5,8,11H,1-4,6H2. The summed E-state index contributed by atoms with van der Waals surface area (Å²) in [7, 11) is 0. The fourth-order valence-corrected chi connectivity index (χ4v) is 4.78. The summed E-state index contributed by atoms with van der Waals surface area (Å²) in [6.45, 7) is 2.41. The van der Waals surface area contributed by atoms with E-state index in [1.54, 1.807) is 14.6 Å². The molecule has 1 saturated heterocycles. The van der Waals surface area contributed by atoms with Crippen LogP contribution in [-0.4, -0.2) is 18.8 Å². The van der Waals surface area contributed by atoms with Gasteiger partial charge in [0.05, 0.1) is 4.21 Å². The molecule has 1 fully saturated rings. The number of hydrogen-bond donors (Lipinski definition) is 1. The van der Waals surface area contributed by atoms with Crippen LogP contribution in [0.2, 0.25) is 0 Å². The Balaban J connectivity index is 1.88. The van der Waals surface area contributed by atoms with Gasteiger partial charge in [-0.25, -0.2) is 0 Å². The first-order chi connectivity index (χ1) is 6.43. The van der Waals surface area contributed by atoms with Crippen LogP contribution in [0.1, 0.15) is 22.8 Å². The van der Waals surface area contributed by atoms with Crippen LogP contribution in [0.3, 0.4) is 0 Å². The van der Waals surface area contributed by atoms with Gasteiger partial charge in [0.1, 0.15) is 0 Å². The van der Waals surface area contributed by atoms with Gasteiger partial charge in [-0.2, -0.15) is 0 Å². The van der Waals surface area contributed by atoms with Gasteiger partial charge in [0.2, 0.25) is 0 Å². The van der Waals surface area contributed by atoms with Gasteiger partial charge >= 0.3 is 0 Å². The molecule has 1 unspecified atom stereocenters. The van der Waals surface area contributed by atoms with Crippen molar-refractivity contribution in [2.75, 3.05) is 18.8 Å². The molecule has 13 heavy (non-hydrogen) atoms. The molecule has 2 aliphatic heterocycles. The van der Waals surface area contributed by atoms with Gasteiger partial charge in [-0.3, -0.25) is 0 Å². The lowest BCUT2D eigenvalue weighted by Crippen LogP contribution is -2.07. The Kier molecular flexibility index (Phi) is 2.11. The molecular formula is C10H13NS2. The van der Waals surface area contributed by atoms with Gasteiger partial charge < -0.3 is 5.32 Å². The Morgan fingerprint density at radius 1 is 1.46 bits per heavy atom. The number of aryl methyl sites for hydroxylation is 1. The molecule has 2 aliphatic rings. The molecule has 1 N–H and O–H groups in total. The highest BCUT2D eigenvalue weighted by molar-refractivity contribution is 8.01. The Morgan fingerprint density at radius 3 is 3.23 bits per heavy atom. The van der Waals surface area contributed by atoms with Gasteiger partial charge in [0, 0.05) is 23.1 Å². The first-order valence-corrected chi connectivity index (χ1v) is 6.70. The Morgan fingerprint density at radius 2 is 2.46 bits per heavy atom. The molecule has 70 valence electrons. The van der Waals surface area contributed by atoms with Crippen LogP contribution < -0.4 is 5.32 Å². The van der Waals surface area contributed by atoms with E-state index >= 15 is 0 Å². The van der Waals surface area contributed by atoms with Crippen molar-refractivity contribution < 1.29 is 0 Å². The minimum atomic E-state index is 0.816. The zero-order chi connectivity index (χ0) is 8.67. The van der Waals surface area contributed by atoms with Crippen molar-refractivity contribution in [1.82, 2.24) is 5.32 Å². The highest BCUT2D eigenvalue weighted by atomic mass is 32.2. The van der Waals surface area contributed by atoms with Gasteiger partial charge in [0.15, 0.2) is 0 Å². The molecule has 0 radical (unpaired) electrons. The Bertz CT molecular complexity index is 291. The molecule has 3 heteroatoms. The first kappa shape index (κ1) is 8.33. The summed E-state index contributed by atoms with van der Waals surface area (Å²) in [5.74, 6) is 2.13. The summed E-state index contributed by atoms with van der Waals surface area (Å²) >= 11 is 4.09. The monoisotopic (exact) mass is 211 g/mol. The molecule has 0 saturated carbocycles. The molecule has 1 aromatic heterocycles. The van der Waals surface area contributed by atoms with Gasteiger partial charge in [-0.1, -0.05) is 0 Å². The minimum Gasteiger partial charge on any atom is -0.316 e. The van der Waals surface area contributed by atoms with E-state index in [2.05, 4.69) is 11.4 Å². The third-order valence-electron chi connectivity index (χ3n) is 2.86. The van der Waals surface area contributed by atoms with Crippen LogP contribution in [-0.2, 0) is 6.42 Å². The number of fused-ring (bicyclic) bond motifs is 1. The molecule has 3 heterocycles. The van der Waals surface area contributed by atoms with E-state index < -0.39 is 0 Å². The van der Waals surface area contributed by atoms with E-state index in [0.29, 0.717) is 0 Å². The summed E-state index contributed by atoms with van der Waals surface area (Å²) in [5.41, 5.74) is 1.62. The summed E-state index contributed by atoms with van der Waals surface area (Å²) in [4.78, 5) is 1.63. The number of thiophene rings is 1. The molecule has 0 amide bonds. The molecule has 0 aliphatic carbocycles. The van der Waals surface area contributed by atoms with Crippen molar-refractivity contribution in [2.45, 2.75) is 23.0 Å². The lowest BCUT2D eigenvalue weighted by atomic mass is 10.1. The largest absolute Gasteiger partial charge is 0.316 e. The second-order valence-corrected chi connectivity index (χ2v) is 6.20. The number of nitrogens with one attached hydrogen (secondary N) is 1. The molecule has 3 rings (SSSR count). The highest BCUT2D eigenvalue weighted by Crippen LogP contribution is 2.41. The molecule has 1 aromatic rings. The number of hydrogen-bond acceptors (Lipinski definition) is 3. The summed E-state index contributed by atoms with van der Waals surface area (Å²) in [5, 5.41) is 3.44. The number of rotatable bonds is 1. The topological polar surface area (TPSA) is 12.0 Å². The van der Waals surface area contributed by atoms with E-state index in [1.807, 2.05) is 23.1 Å². The van der Waals surface area contributed by atoms with E-state index in [-0.39, 0.29) is 0 Å². The highest BCUT2D eigenvalue weighted by Gasteiger charge is 2.22. The third-order valence-corrected chi connectivity index (χ3v) is 5.53. The molecule has 1 nitrogen and oxygen atoms in total. The van der Waals surface area contributed by atoms with Crippen LogP contribution in [0, 0.1) is 0 Å². The van der Waals surface area contributed by atoms with Crippen LogP contribution in [0.4, 0.5) is 0 Å². The second kappa shape index (κ2) is 3.30. The summed E-state index contributed by atoms with van der Waals surface area (Å²) in [6.07, 6.45) is 2.64.